The number of anilines is 1. The molecule has 0 spiro atoms. The Morgan fingerprint density at radius 1 is 1.69 bits per heavy atom. The zero-order valence-corrected chi connectivity index (χ0v) is 7.44. The van der Waals surface area contributed by atoms with E-state index in [-0.39, 0.29) is 0 Å². The largest absolute Gasteiger partial charge is 0.377 e. The summed E-state index contributed by atoms with van der Waals surface area (Å²) in [6.07, 6.45) is 3.70. The molecule has 5 nitrogen and oxygen atoms in total. The maximum atomic E-state index is 5.54. The number of aromatic amines is 1. The van der Waals surface area contributed by atoms with Gasteiger partial charge < -0.3 is 15.4 Å². The van der Waals surface area contributed by atoms with Crippen LogP contribution in [0, 0.1) is 0 Å². The molecule has 0 saturated carbocycles. The number of hydrogen-bond donors (Lipinski definition) is 2. The van der Waals surface area contributed by atoms with Gasteiger partial charge in [-0.05, 0) is 0 Å². The second kappa shape index (κ2) is 3.76. The first-order valence-electron chi connectivity index (χ1n) is 4.45. The fourth-order valence-corrected chi connectivity index (χ4v) is 1.47. The molecule has 0 unspecified atom stereocenters. The van der Waals surface area contributed by atoms with Crippen LogP contribution in [-0.2, 0) is 4.74 Å². The van der Waals surface area contributed by atoms with Gasteiger partial charge in [0.05, 0.1) is 31.1 Å². The highest BCUT2D eigenvalue weighted by Gasteiger charge is 2.25. The zero-order chi connectivity index (χ0) is 9.10. The van der Waals surface area contributed by atoms with Gasteiger partial charge in [-0.1, -0.05) is 0 Å². The lowest BCUT2D eigenvalue weighted by molar-refractivity contribution is 0.00831. The summed E-state index contributed by atoms with van der Waals surface area (Å²) in [4.78, 5) is 2.23. The Hall–Kier alpha value is -1.07. The van der Waals surface area contributed by atoms with Crippen LogP contribution >= 0.6 is 0 Å². The molecule has 1 saturated heterocycles. The molecule has 72 valence electrons. The molecular weight excluding hydrogens is 168 g/mol. The molecule has 0 amide bonds. The van der Waals surface area contributed by atoms with Crippen molar-refractivity contribution in [3.8, 4) is 0 Å². The van der Waals surface area contributed by atoms with E-state index in [1.54, 1.807) is 0 Å². The summed E-state index contributed by atoms with van der Waals surface area (Å²) in [7, 11) is 0. The number of nitrogens with zero attached hydrogens (tertiary/aromatic N) is 2. The number of aromatic nitrogens is 2. The third-order valence-electron chi connectivity index (χ3n) is 2.25. The van der Waals surface area contributed by atoms with Crippen molar-refractivity contribution in [3.63, 3.8) is 0 Å². The number of rotatable bonds is 4. The fraction of sp³-hybridized carbons (Fsp3) is 0.625. The van der Waals surface area contributed by atoms with Crippen molar-refractivity contribution in [1.82, 2.24) is 10.2 Å². The Labute approximate surface area is 76.9 Å². The minimum atomic E-state index is 0.473. The molecule has 0 aliphatic carbocycles. The van der Waals surface area contributed by atoms with E-state index < -0.39 is 0 Å². The molecule has 0 radical (unpaired) electrons. The summed E-state index contributed by atoms with van der Waals surface area (Å²) in [6, 6.07) is 0.473. The van der Waals surface area contributed by atoms with Crippen LogP contribution in [0.3, 0.4) is 0 Å². The molecule has 0 aromatic carbocycles. The predicted octanol–water partition coefficient (Wildman–Crippen LogP) is -0.426. The van der Waals surface area contributed by atoms with E-state index in [0.29, 0.717) is 12.6 Å². The van der Waals surface area contributed by atoms with Crippen molar-refractivity contribution in [2.24, 2.45) is 5.73 Å². The lowest BCUT2D eigenvalue weighted by atomic mass is 10.2. The molecule has 2 rings (SSSR count). The van der Waals surface area contributed by atoms with Crippen LogP contribution in [0.25, 0.3) is 0 Å². The van der Waals surface area contributed by atoms with Gasteiger partial charge in [0.25, 0.3) is 0 Å². The normalized spacial score (nSPS) is 17.0. The topological polar surface area (TPSA) is 67.2 Å². The van der Waals surface area contributed by atoms with Crippen LogP contribution in [-0.4, -0.2) is 42.5 Å². The highest BCUT2D eigenvalue weighted by atomic mass is 16.5. The number of nitrogens with one attached hydrogen (secondary N) is 1. The Morgan fingerprint density at radius 3 is 3.00 bits per heavy atom. The summed E-state index contributed by atoms with van der Waals surface area (Å²) >= 11 is 0. The molecule has 1 aliphatic rings. The fourth-order valence-electron chi connectivity index (χ4n) is 1.47. The summed E-state index contributed by atoms with van der Waals surface area (Å²) < 4.78 is 5.15. The lowest BCUT2D eigenvalue weighted by Crippen LogP contribution is -2.50. The van der Waals surface area contributed by atoms with E-state index in [1.165, 1.54) is 0 Å². The van der Waals surface area contributed by atoms with Gasteiger partial charge >= 0.3 is 0 Å². The van der Waals surface area contributed by atoms with E-state index >= 15 is 0 Å². The minimum absolute atomic E-state index is 0.473. The summed E-state index contributed by atoms with van der Waals surface area (Å²) in [6.45, 7) is 3.10. The van der Waals surface area contributed by atoms with Gasteiger partial charge in [0.2, 0.25) is 0 Å². The quantitative estimate of drug-likeness (QED) is 0.663. The second-order valence-corrected chi connectivity index (χ2v) is 3.13. The van der Waals surface area contributed by atoms with Crippen LogP contribution in [0.1, 0.15) is 0 Å². The average Bonchev–Trinajstić information content (AvgIpc) is 2.51. The second-order valence-electron chi connectivity index (χ2n) is 3.13. The number of ether oxygens (including phenoxy) is 1. The van der Waals surface area contributed by atoms with Crippen molar-refractivity contribution in [3.05, 3.63) is 12.4 Å². The predicted molar refractivity (Wildman–Crippen MR) is 49.6 cm³/mol. The molecule has 0 atom stereocenters. The van der Waals surface area contributed by atoms with Crippen LogP contribution in [0.4, 0.5) is 5.69 Å². The van der Waals surface area contributed by atoms with E-state index in [4.69, 9.17) is 10.5 Å². The molecule has 13 heavy (non-hydrogen) atoms. The van der Waals surface area contributed by atoms with Crippen molar-refractivity contribution < 1.29 is 4.74 Å². The molecule has 1 aliphatic heterocycles. The van der Waals surface area contributed by atoms with Crippen molar-refractivity contribution >= 4 is 5.69 Å². The smallest absolute Gasteiger partial charge is 0.0758 e. The van der Waals surface area contributed by atoms with Crippen LogP contribution in [0.15, 0.2) is 12.4 Å². The van der Waals surface area contributed by atoms with Crippen LogP contribution in [0.5, 0.6) is 0 Å². The lowest BCUT2D eigenvalue weighted by Gasteiger charge is -2.37. The molecule has 1 aromatic heterocycles. The Bertz CT molecular complexity index is 245. The Kier molecular flexibility index (Phi) is 2.47. The molecule has 2 heterocycles. The van der Waals surface area contributed by atoms with E-state index in [1.807, 2.05) is 12.4 Å². The third kappa shape index (κ3) is 1.66. The van der Waals surface area contributed by atoms with E-state index in [2.05, 4.69) is 15.1 Å². The highest BCUT2D eigenvalue weighted by Crippen LogP contribution is 2.18. The minimum Gasteiger partial charge on any atom is -0.377 e. The highest BCUT2D eigenvalue weighted by molar-refractivity contribution is 5.43. The number of hydrogen-bond acceptors (Lipinski definition) is 4. The Morgan fingerprint density at radius 2 is 2.54 bits per heavy atom. The number of H-pyrrole nitrogens is 1. The van der Waals surface area contributed by atoms with Crippen LogP contribution < -0.4 is 10.6 Å². The molecule has 0 bridgehead atoms. The van der Waals surface area contributed by atoms with Crippen molar-refractivity contribution in [1.29, 1.82) is 0 Å². The first kappa shape index (κ1) is 8.52. The average molecular weight is 182 g/mol. The first-order chi connectivity index (χ1) is 6.42. The van der Waals surface area contributed by atoms with E-state index in [9.17, 15) is 0 Å². The van der Waals surface area contributed by atoms with Gasteiger partial charge in [-0.2, -0.15) is 5.10 Å². The monoisotopic (exact) mass is 182 g/mol. The first-order valence-corrected chi connectivity index (χ1v) is 4.45. The van der Waals surface area contributed by atoms with Crippen molar-refractivity contribution in [2.75, 3.05) is 31.2 Å². The molecule has 1 aromatic rings. The van der Waals surface area contributed by atoms with Gasteiger partial charge in [0.1, 0.15) is 0 Å². The number of nitrogens with two attached hydrogens (primary N) is 1. The maximum absolute atomic E-state index is 5.54. The standard InChI is InChI=1S/C8H14N4O/c9-1-2-12(8-5-13-6-8)7-3-10-11-4-7/h3-4,8H,1-2,5-6,9H2,(H,10,11). The van der Waals surface area contributed by atoms with Gasteiger partial charge in [-0.3, -0.25) is 5.10 Å². The Balaban J connectivity index is 2.04. The molecule has 3 N–H and O–H groups in total. The summed E-state index contributed by atoms with van der Waals surface area (Å²) in [5.74, 6) is 0. The van der Waals surface area contributed by atoms with Crippen LogP contribution in [0.2, 0.25) is 0 Å². The molecule has 5 heteroatoms. The van der Waals surface area contributed by atoms with Gasteiger partial charge in [0.15, 0.2) is 0 Å². The van der Waals surface area contributed by atoms with Gasteiger partial charge in [-0.15, -0.1) is 0 Å². The molecule has 1 fully saturated rings. The van der Waals surface area contributed by atoms with E-state index in [0.717, 1.165) is 25.4 Å². The van der Waals surface area contributed by atoms with Gasteiger partial charge in [0, 0.05) is 19.3 Å². The third-order valence-corrected chi connectivity index (χ3v) is 2.25. The molecular formula is C8H14N4O. The SMILES string of the molecule is NCCN(c1cn[nH]c1)C1COC1. The zero-order valence-electron chi connectivity index (χ0n) is 7.44. The van der Waals surface area contributed by atoms with Crippen molar-refractivity contribution in [2.45, 2.75) is 6.04 Å². The summed E-state index contributed by atoms with van der Waals surface area (Å²) in [5.41, 5.74) is 6.64. The maximum Gasteiger partial charge on any atom is 0.0758 e. The summed E-state index contributed by atoms with van der Waals surface area (Å²) in [5, 5.41) is 6.72. The van der Waals surface area contributed by atoms with Gasteiger partial charge in [-0.25, -0.2) is 0 Å².